The van der Waals surface area contributed by atoms with Gasteiger partial charge in [-0.25, -0.2) is 4.39 Å². The quantitative estimate of drug-likeness (QED) is 0.738. The van der Waals surface area contributed by atoms with Crippen LogP contribution in [0.15, 0.2) is 18.2 Å². The Morgan fingerprint density at radius 2 is 2.00 bits per heavy atom. The largest absolute Gasteiger partial charge is 0.265 e. The van der Waals surface area contributed by atoms with E-state index >= 15 is 0 Å². The summed E-state index contributed by atoms with van der Waals surface area (Å²) in [6.45, 7) is 4.68. The number of alkyl halides is 1. The topological polar surface area (TPSA) is 17.8 Å². The van der Waals surface area contributed by atoms with E-state index in [0.717, 1.165) is 35.4 Å². The van der Waals surface area contributed by atoms with Gasteiger partial charge >= 0.3 is 0 Å². The molecule has 0 N–H and O–H groups in total. The summed E-state index contributed by atoms with van der Waals surface area (Å²) in [7, 11) is 0. The molecule has 0 spiro atoms. The highest BCUT2D eigenvalue weighted by atomic mass is 35.5. The summed E-state index contributed by atoms with van der Waals surface area (Å²) < 4.78 is 15.0. The van der Waals surface area contributed by atoms with Gasteiger partial charge in [0.2, 0.25) is 0 Å². The second-order valence-corrected chi connectivity index (χ2v) is 5.28. The molecule has 2 nitrogen and oxygen atoms in total. The molecule has 108 valence electrons. The number of hydrogen-bond donors (Lipinski definition) is 0. The lowest BCUT2D eigenvalue weighted by molar-refractivity contribution is 0.619. The average Bonchev–Trinajstić information content (AvgIpc) is 2.78. The first-order chi connectivity index (χ1) is 9.60. The van der Waals surface area contributed by atoms with Crippen molar-refractivity contribution >= 4 is 23.2 Å². The second kappa shape index (κ2) is 6.59. The molecule has 0 saturated heterocycles. The van der Waals surface area contributed by atoms with E-state index in [-0.39, 0.29) is 5.82 Å². The molecule has 0 atom stereocenters. The predicted molar refractivity (Wildman–Crippen MR) is 81.1 cm³/mol. The Labute approximate surface area is 128 Å². The Bertz CT molecular complexity index is 608. The molecule has 20 heavy (non-hydrogen) atoms. The van der Waals surface area contributed by atoms with Crippen LogP contribution in [0.4, 0.5) is 4.39 Å². The molecule has 1 aromatic carbocycles. The standard InChI is InChI=1S/C15H17Cl2FN2/c1-3-14-12(8-16)15(4-2)20(19-14)9-10-5-6-11(18)7-13(10)17/h5-7H,3-4,8-9H2,1-2H3. The maximum absolute atomic E-state index is 13.1. The van der Waals surface area contributed by atoms with E-state index in [1.807, 2.05) is 4.68 Å². The number of aromatic nitrogens is 2. The van der Waals surface area contributed by atoms with E-state index < -0.39 is 0 Å². The van der Waals surface area contributed by atoms with Crippen molar-refractivity contribution < 1.29 is 4.39 Å². The number of hydrogen-bond acceptors (Lipinski definition) is 1. The molecule has 0 saturated carbocycles. The van der Waals surface area contributed by atoms with Gasteiger partial charge in [0.15, 0.2) is 0 Å². The minimum atomic E-state index is -0.328. The van der Waals surface area contributed by atoms with Gasteiger partial charge in [-0.05, 0) is 30.5 Å². The lowest BCUT2D eigenvalue weighted by atomic mass is 10.1. The Hall–Kier alpha value is -1.06. The number of benzene rings is 1. The van der Waals surface area contributed by atoms with Crippen LogP contribution >= 0.6 is 23.2 Å². The normalized spacial score (nSPS) is 11.1. The highest BCUT2D eigenvalue weighted by Gasteiger charge is 2.15. The molecule has 0 fully saturated rings. The second-order valence-electron chi connectivity index (χ2n) is 4.61. The van der Waals surface area contributed by atoms with Gasteiger partial charge in [-0.3, -0.25) is 4.68 Å². The number of halogens is 3. The fourth-order valence-corrected chi connectivity index (χ4v) is 2.90. The summed E-state index contributed by atoms with van der Waals surface area (Å²) in [6.07, 6.45) is 1.70. The molecule has 0 bridgehead atoms. The molecule has 0 amide bonds. The average molecular weight is 315 g/mol. The van der Waals surface area contributed by atoms with Crippen molar-refractivity contribution in [1.82, 2.24) is 9.78 Å². The molecule has 5 heteroatoms. The third-order valence-electron chi connectivity index (χ3n) is 3.39. The van der Waals surface area contributed by atoms with Crippen LogP contribution in [0.5, 0.6) is 0 Å². The van der Waals surface area contributed by atoms with E-state index in [4.69, 9.17) is 23.2 Å². The van der Waals surface area contributed by atoms with Gasteiger partial charge < -0.3 is 0 Å². The zero-order valence-corrected chi connectivity index (χ0v) is 13.1. The minimum Gasteiger partial charge on any atom is -0.265 e. The molecule has 0 aliphatic rings. The van der Waals surface area contributed by atoms with Gasteiger partial charge in [0.1, 0.15) is 5.82 Å². The zero-order valence-electron chi connectivity index (χ0n) is 11.6. The van der Waals surface area contributed by atoms with Crippen molar-refractivity contribution in [3.8, 4) is 0 Å². The third kappa shape index (κ3) is 2.99. The number of aryl methyl sites for hydroxylation is 1. The first-order valence-electron chi connectivity index (χ1n) is 6.68. The van der Waals surface area contributed by atoms with E-state index in [1.165, 1.54) is 12.1 Å². The summed E-state index contributed by atoms with van der Waals surface area (Å²) in [6, 6.07) is 4.44. The van der Waals surface area contributed by atoms with Crippen molar-refractivity contribution in [2.75, 3.05) is 0 Å². The van der Waals surface area contributed by atoms with Crippen molar-refractivity contribution in [2.45, 2.75) is 39.1 Å². The van der Waals surface area contributed by atoms with Crippen molar-refractivity contribution in [3.05, 3.63) is 51.6 Å². The van der Waals surface area contributed by atoms with Gasteiger partial charge in [0, 0.05) is 16.3 Å². The maximum atomic E-state index is 13.1. The van der Waals surface area contributed by atoms with Crippen LogP contribution in [0.25, 0.3) is 0 Å². The number of nitrogens with zero attached hydrogens (tertiary/aromatic N) is 2. The fraction of sp³-hybridized carbons (Fsp3) is 0.400. The Morgan fingerprint density at radius 3 is 2.55 bits per heavy atom. The minimum absolute atomic E-state index is 0.328. The maximum Gasteiger partial charge on any atom is 0.124 e. The summed E-state index contributed by atoms with van der Waals surface area (Å²) in [5.74, 6) is 0.134. The number of rotatable bonds is 5. The molecule has 0 aliphatic carbocycles. The highest BCUT2D eigenvalue weighted by Crippen LogP contribution is 2.23. The third-order valence-corrected chi connectivity index (χ3v) is 4.01. The molecule has 0 unspecified atom stereocenters. The molecule has 2 aromatic rings. The summed E-state index contributed by atoms with van der Waals surface area (Å²) in [5.41, 5.74) is 4.11. The van der Waals surface area contributed by atoms with Crippen LogP contribution in [-0.2, 0) is 25.3 Å². The molecule has 1 aromatic heterocycles. The van der Waals surface area contributed by atoms with Gasteiger partial charge in [-0.2, -0.15) is 5.10 Å². The van der Waals surface area contributed by atoms with Crippen molar-refractivity contribution in [2.24, 2.45) is 0 Å². The summed E-state index contributed by atoms with van der Waals surface area (Å²) in [5, 5.41) is 5.03. The summed E-state index contributed by atoms with van der Waals surface area (Å²) >= 11 is 12.1. The highest BCUT2D eigenvalue weighted by molar-refractivity contribution is 6.31. The van der Waals surface area contributed by atoms with Crippen molar-refractivity contribution in [3.63, 3.8) is 0 Å². The monoisotopic (exact) mass is 314 g/mol. The smallest absolute Gasteiger partial charge is 0.124 e. The molecular formula is C15H17Cl2FN2. The zero-order chi connectivity index (χ0) is 14.7. The van der Waals surface area contributed by atoms with Gasteiger partial charge in [0.25, 0.3) is 0 Å². The van der Waals surface area contributed by atoms with Crippen LogP contribution in [0.2, 0.25) is 5.02 Å². The predicted octanol–water partition coefficient (Wildman–Crippen LogP) is 4.59. The van der Waals surface area contributed by atoms with E-state index in [2.05, 4.69) is 18.9 Å². The molecule has 0 radical (unpaired) electrons. The molecule has 2 rings (SSSR count). The first kappa shape index (κ1) is 15.3. The molecule has 0 aliphatic heterocycles. The Balaban J connectivity index is 2.40. The lowest BCUT2D eigenvalue weighted by Crippen LogP contribution is -2.07. The SMILES string of the molecule is CCc1nn(Cc2ccc(F)cc2Cl)c(CC)c1CCl. The molecule has 1 heterocycles. The van der Waals surface area contributed by atoms with Gasteiger partial charge in [-0.15, -0.1) is 11.6 Å². The molecular weight excluding hydrogens is 298 g/mol. The Kier molecular flexibility index (Phi) is 5.06. The fourth-order valence-electron chi connectivity index (χ4n) is 2.37. The van der Waals surface area contributed by atoms with E-state index in [1.54, 1.807) is 6.07 Å². The Morgan fingerprint density at radius 1 is 1.25 bits per heavy atom. The van der Waals surface area contributed by atoms with Crippen LogP contribution in [0, 0.1) is 5.82 Å². The van der Waals surface area contributed by atoms with Crippen molar-refractivity contribution in [1.29, 1.82) is 0 Å². The van der Waals surface area contributed by atoms with Crippen LogP contribution in [0.1, 0.15) is 36.4 Å². The van der Waals surface area contributed by atoms with Gasteiger partial charge in [-0.1, -0.05) is 31.5 Å². The van der Waals surface area contributed by atoms with E-state index in [0.29, 0.717) is 17.4 Å². The van der Waals surface area contributed by atoms with E-state index in [9.17, 15) is 4.39 Å². The van der Waals surface area contributed by atoms with Gasteiger partial charge in [0.05, 0.1) is 18.1 Å². The van der Waals surface area contributed by atoms with Crippen LogP contribution in [-0.4, -0.2) is 9.78 Å². The lowest BCUT2D eigenvalue weighted by Gasteiger charge is -2.09. The summed E-state index contributed by atoms with van der Waals surface area (Å²) in [4.78, 5) is 0. The first-order valence-corrected chi connectivity index (χ1v) is 7.59. The van der Waals surface area contributed by atoms with Crippen LogP contribution in [0.3, 0.4) is 0 Å². The van der Waals surface area contributed by atoms with Crippen LogP contribution < -0.4 is 0 Å².